The summed E-state index contributed by atoms with van der Waals surface area (Å²) in [6.45, 7) is 4.25. The van der Waals surface area contributed by atoms with Gasteiger partial charge in [0, 0.05) is 11.6 Å². The summed E-state index contributed by atoms with van der Waals surface area (Å²) in [7, 11) is 0. The van der Waals surface area contributed by atoms with E-state index in [4.69, 9.17) is 4.74 Å². The van der Waals surface area contributed by atoms with Gasteiger partial charge in [0.15, 0.2) is 0 Å². The zero-order valence-electron chi connectivity index (χ0n) is 15.3. The summed E-state index contributed by atoms with van der Waals surface area (Å²) in [4.78, 5) is 27.9. The van der Waals surface area contributed by atoms with E-state index in [0.29, 0.717) is 22.2 Å². The predicted octanol–water partition coefficient (Wildman–Crippen LogP) is 4.18. The van der Waals surface area contributed by atoms with E-state index in [0.717, 1.165) is 11.3 Å². The van der Waals surface area contributed by atoms with Crippen LogP contribution in [0.1, 0.15) is 22.3 Å². The molecule has 0 bridgehead atoms. The first-order valence-electron chi connectivity index (χ1n) is 8.50. The summed E-state index contributed by atoms with van der Waals surface area (Å²) in [5.74, 6) is 0.358. The summed E-state index contributed by atoms with van der Waals surface area (Å²) in [5, 5.41) is 11.8. The number of para-hydroxylation sites is 2. The number of hydrogen-bond donors (Lipinski definition) is 2. The lowest BCUT2D eigenvalue weighted by Crippen LogP contribution is -2.29. The predicted molar refractivity (Wildman–Crippen MR) is 108 cm³/mol. The second-order valence-corrected chi connectivity index (χ2v) is 6.74. The molecule has 0 aliphatic heterocycles. The third-order valence-corrected chi connectivity index (χ3v) is 5.03. The van der Waals surface area contributed by atoms with Gasteiger partial charge in [0.1, 0.15) is 21.3 Å². The van der Waals surface area contributed by atoms with Crippen LogP contribution in [0.3, 0.4) is 0 Å². The fourth-order valence-corrected chi connectivity index (χ4v) is 3.48. The van der Waals surface area contributed by atoms with Crippen molar-refractivity contribution in [1.82, 2.24) is 10.4 Å². The Balaban J connectivity index is 1.74. The van der Waals surface area contributed by atoms with Gasteiger partial charge in [-0.1, -0.05) is 12.1 Å². The van der Waals surface area contributed by atoms with E-state index in [9.17, 15) is 14.9 Å². The highest BCUT2D eigenvalue weighted by Crippen LogP contribution is 2.29. The van der Waals surface area contributed by atoms with Gasteiger partial charge in [-0.2, -0.15) is 0 Å². The quantitative estimate of drug-likeness (QED) is 0.457. The number of carbonyl (C=O) groups excluding carboxylic acids is 1. The number of nitrogens with zero attached hydrogens (tertiary/aromatic N) is 2. The van der Waals surface area contributed by atoms with Crippen LogP contribution in [0.2, 0.25) is 0 Å². The van der Waals surface area contributed by atoms with E-state index in [1.165, 1.54) is 23.5 Å². The highest BCUT2D eigenvalue weighted by Gasteiger charge is 2.18. The van der Waals surface area contributed by atoms with Crippen LogP contribution in [0.15, 0.2) is 48.5 Å². The van der Waals surface area contributed by atoms with Crippen molar-refractivity contribution in [3.8, 4) is 16.3 Å². The molecule has 0 unspecified atom stereocenters. The van der Waals surface area contributed by atoms with Gasteiger partial charge in [0.25, 0.3) is 11.6 Å². The Labute approximate surface area is 165 Å². The Kier molecular flexibility index (Phi) is 5.85. The first-order chi connectivity index (χ1) is 13.5. The highest BCUT2D eigenvalue weighted by molar-refractivity contribution is 7.17. The molecule has 2 N–H and O–H groups in total. The molecule has 0 aliphatic rings. The summed E-state index contributed by atoms with van der Waals surface area (Å²) >= 11 is 1.25. The van der Waals surface area contributed by atoms with Crippen LogP contribution < -0.4 is 15.6 Å². The van der Waals surface area contributed by atoms with Gasteiger partial charge in [-0.05, 0) is 44.2 Å². The average Bonchev–Trinajstić information content (AvgIpc) is 3.09. The number of nitro groups is 1. The molecule has 2 aromatic carbocycles. The summed E-state index contributed by atoms with van der Waals surface area (Å²) in [6.07, 6.45) is 0. The lowest BCUT2D eigenvalue weighted by atomic mass is 10.2. The van der Waals surface area contributed by atoms with Gasteiger partial charge >= 0.3 is 0 Å². The molecule has 0 radical (unpaired) electrons. The van der Waals surface area contributed by atoms with E-state index >= 15 is 0 Å². The second-order valence-electron chi connectivity index (χ2n) is 5.74. The maximum absolute atomic E-state index is 12.5. The number of hydrazine groups is 1. The van der Waals surface area contributed by atoms with Crippen molar-refractivity contribution < 1.29 is 14.5 Å². The van der Waals surface area contributed by atoms with Crippen molar-refractivity contribution >= 4 is 28.6 Å². The molecule has 0 atom stereocenters. The molecule has 9 heteroatoms. The standard InChI is InChI=1S/C19H18N4O4S/c1-3-27-14-10-8-13(9-11-14)19-20-12(2)17(28-19)18(24)22-21-15-6-4-5-7-16(15)23(25)26/h4-11,21H,3H2,1-2H3,(H,22,24). The Bertz CT molecular complexity index is 1000. The minimum atomic E-state index is -0.517. The van der Waals surface area contributed by atoms with Crippen molar-refractivity contribution in [2.75, 3.05) is 12.0 Å². The number of amides is 1. The number of aryl methyl sites for hydroxylation is 1. The Hall–Kier alpha value is -3.46. The molecule has 3 aromatic rings. The molecule has 1 heterocycles. The number of nitrogens with one attached hydrogen (secondary N) is 2. The molecule has 144 valence electrons. The number of thiazole rings is 1. The molecule has 0 aliphatic carbocycles. The number of benzene rings is 2. The van der Waals surface area contributed by atoms with E-state index in [1.807, 2.05) is 31.2 Å². The van der Waals surface area contributed by atoms with Gasteiger partial charge in [-0.3, -0.25) is 25.8 Å². The van der Waals surface area contributed by atoms with Crippen LogP contribution in [-0.2, 0) is 0 Å². The van der Waals surface area contributed by atoms with Crippen LogP contribution in [-0.4, -0.2) is 22.4 Å². The normalized spacial score (nSPS) is 10.4. The Morgan fingerprint density at radius 3 is 2.61 bits per heavy atom. The van der Waals surface area contributed by atoms with Crippen LogP contribution in [0.4, 0.5) is 11.4 Å². The molecule has 0 saturated carbocycles. The lowest BCUT2D eigenvalue weighted by Gasteiger charge is -2.07. The molecule has 0 saturated heterocycles. The van der Waals surface area contributed by atoms with E-state index < -0.39 is 10.8 Å². The SMILES string of the molecule is CCOc1ccc(-c2nc(C)c(C(=O)NNc3ccccc3[N+](=O)[O-])s2)cc1. The topological polar surface area (TPSA) is 106 Å². The fourth-order valence-electron chi connectivity index (χ4n) is 2.51. The zero-order valence-corrected chi connectivity index (χ0v) is 16.1. The van der Waals surface area contributed by atoms with Crippen molar-refractivity contribution in [1.29, 1.82) is 0 Å². The Morgan fingerprint density at radius 1 is 1.21 bits per heavy atom. The monoisotopic (exact) mass is 398 g/mol. The average molecular weight is 398 g/mol. The number of aromatic nitrogens is 1. The van der Waals surface area contributed by atoms with Gasteiger partial charge in [-0.15, -0.1) is 11.3 Å². The van der Waals surface area contributed by atoms with Crippen LogP contribution in [0.25, 0.3) is 10.6 Å². The third kappa shape index (κ3) is 4.26. The maximum atomic E-state index is 12.5. The summed E-state index contributed by atoms with van der Waals surface area (Å²) < 4.78 is 5.43. The largest absolute Gasteiger partial charge is 0.494 e. The van der Waals surface area contributed by atoms with E-state index in [-0.39, 0.29) is 11.4 Å². The van der Waals surface area contributed by atoms with Gasteiger partial charge < -0.3 is 4.74 Å². The van der Waals surface area contributed by atoms with Crippen LogP contribution in [0.5, 0.6) is 5.75 Å². The maximum Gasteiger partial charge on any atom is 0.294 e. The van der Waals surface area contributed by atoms with Crippen molar-refractivity contribution in [3.05, 3.63) is 69.2 Å². The second kappa shape index (κ2) is 8.49. The summed E-state index contributed by atoms with van der Waals surface area (Å²) in [6, 6.07) is 13.6. The third-order valence-electron chi connectivity index (χ3n) is 3.83. The minimum absolute atomic E-state index is 0.126. The molecule has 0 fully saturated rings. The van der Waals surface area contributed by atoms with Gasteiger partial charge in [0.05, 0.1) is 17.2 Å². The van der Waals surface area contributed by atoms with Crippen LogP contribution in [0, 0.1) is 17.0 Å². The molecule has 1 aromatic heterocycles. The van der Waals surface area contributed by atoms with E-state index in [1.54, 1.807) is 19.1 Å². The molecule has 3 rings (SSSR count). The number of hydrogen-bond acceptors (Lipinski definition) is 7. The smallest absolute Gasteiger partial charge is 0.294 e. The van der Waals surface area contributed by atoms with Crippen molar-refractivity contribution in [3.63, 3.8) is 0 Å². The van der Waals surface area contributed by atoms with E-state index in [2.05, 4.69) is 15.8 Å². The number of carbonyl (C=O) groups is 1. The minimum Gasteiger partial charge on any atom is -0.494 e. The zero-order chi connectivity index (χ0) is 20.1. The number of nitro benzene ring substituents is 1. The van der Waals surface area contributed by atoms with Crippen molar-refractivity contribution in [2.24, 2.45) is 0 Å². The first-order valence-corrected chi connectivity index (χ1v) is 9.31. The molecule has 8 nitrogen and oxygen atoms in total. The first kappa shape index (κ1) is 19.3. The molecular weight excluding hydrogens is 380 g/mol. The van der Waals surface area contributed by atoms with Crippen molar-refractivity contribution in [2.45, 2.75) is 13.8 Å². The fraction of sp³-hybridized carbons (Fsp3) is 0.158. The highest BCUT2D eigenvalue weighted by atomic mass is 32.1. The Morgan fingerprint density at radius 2 is 1.93 bits per heavy atom. The molecule has 1 amide bonds. The number of anilines is 1. The number of rotatable bonds is 7. The summed E-state index contributed by atoms with van der Waals surface area (Å²) in [5.41, 5.74) is 6.64. The lowest BCUT2D eigenvalue weighted by molar-refractivity contribution is -0.384. The molecule has 28 heavy (non-hydrogen) atoms. The molecule has 0 spiro atoms. The van der Waals surface area contributed by atoms with Gasteiger partial charge in [0.2, 0.25) is 0 Å². The number of ether oxygens (including phenoxy) is 1. The van der Waals surface area contributed by atoms with Gasteiger partial charge in [-0.25, -0.2) is 4.98 Å². The van der Waals surface area contributed by atoms with Crippen LogP contribution >= 0.6 is 11.3 Å². The molecular formula is C19H18N4O4S.